The Labute approximate surface area is 162 Å². The van der Waals surface area contributed by atoms with Crippen molar-refractivity contribution in [3.8, 4) is 11.5 Å². The molecule has 4 aromatic rings. The van der Waals surface area contributed by atoms with E-state index in [0.717, 1.165) is 5.69 Å². The van der Waals surface area contributed by atoms with E-state index in [2.05, 4.69) is 15.2 Å². The number of fused-ring (bicyclic) bond motifs is 1. The molecule has 0 saturated carbocycles. The lowest BCUT2D eigenvalue weighted by Crippen LogP contribution is -2.17. The molecule has 3 aromatic heterocycles. The van der Waals surface area contributed by atoms with Crippen LogP contribution < -0.4 is 5.56 Å². The van der Waals surface area contributed by atoms with Crippen molar-refractivity contribution in [1.82, 2.24) is 19.6 Å². The van der Waals surface area contributed by atoms with Gasteiger partial charge < -0.3 is 4.42 Å². The first-order valence-electron chi connectivity index (χ1n) is 8.21. The van der Waals surface area contributed by atoms with Gasteiger partial charge in [0.25, 0.3) is 16.5 Å². The summed E-state index contributed by atoms with van der Waals surface area (Å²) in [6.45, 7) is 1.85. The Bertz CT molecular complexity index is 1250. The molecule has 0 unspecified atom stereocenters. The summed E-state index contributed by atoms with van der Waals surface area (Å²) in [5.41, 5.74) is 2.24. The standard InChI is InChI=1S/C18H13N5O4S/c1-11-4-2-7-15-19-13(9-16(24)22(11)15)10-28-18-21-20-17(27-18)12-5-3-6-14(8-12)23(25)26/h2-9H,10H2,1H3. The first-order chi connectivity index (χ1) is 13.5. The van der Waals surface area contributed by atoms with Crippen molar-refractivity contribution in [2.45, 2.75) is 17.9 Å². The van der Waals surface area contributed by atoms with E-state index in [0.29, 0.717) is 22.7 Å². The van der Waals surface area contributed by atoms with Crippen molar-refractivity contribution in [1.29, 1.82) is 0 Å². The number of thioether (sulfide) groups is 1. The van der Waals surface area contributed by atoms with E-state index in [1.54, 1.807) is 22.6 Å². The lowest BCUT2D eigenvalue weighted by molar-refractivity contribution is -0.384. The lowest BCUT2D eigenvalue weighted by atomic mass is 10.2. The van der Waals surface area contributed by atoms with Crippen LogP contribution in [0.1, 0.15) is 11.4 Å². The van der Waals surface area contributed by atoms with Crippen LogP contribution in [0.15, 0.2) is 63.0 Å². The molecule has 9 nitrogen and oxygen atoms in total. The number of benzene rings is 1. The second kappa shape index (κ2) is 7.24. The third kappa shape index (κ3) is 3.49. The second-order valence-electron chi connectivity index (χ2n) is 5.92. The normalized spacial score (nSPS) is 11.0. The van der Waals surface area contributed by atoms with Crippen LogP contribution in [0.4, 0.5) is 5.69 Å². The highest BCUT2D eigenvalue weighted by molar-refractivity contribution is 7.98. The molecule has 0 radical (unpaired) electrons. The monoisotopic (exact) mass is 395 g/mol. The van der Waals surface area contributed by atoms with Gasteiger partial charge >= 0.3 is 0 Å². The highest BCUT2D eigenvalue weighted by Gasteiger charge is 2.14. The van der Waals surface area contributed by atoms with Crippen LogP contribution in [0.3, 0.4) is 0 Å². The molecule has 0 aliphatic rings. The SMILES string of the molecule is Cc1cccc2nc(CSc3nnc(-c4cccc([N+](=O)[O-])c4)o3)cc(=O)n12. The van der Waals surface area contributed by atoms with Crippen LogP contribution >= 0.6 is 11.8 Å². The molecule has 4 rings (SSSR count). The molecule has 0 amide bonds. The van der Waals surface area contributed by atoms with E-state index in [1.165, 1.54) is 30.0 Å². The quantitative estimate of drug-likeness (QED) is 0.287. The number of non-ortho nitro benzene ring substituents is 1. The Morgan fingerprint density at radius 2 is 2.00 bits per heavy atom. The summed E-state index contributed by atoms with van der Waals surface area (Å²) in [6, 6.07) is 12.9. The molecule has 0 fully saturated rings. The van der Waals surface area contributed by atoms with E-state index in [-0.39, 0.29) is 22.4 Å². The van der Waals surface area contributed by atoms with Gasteiger partial charge in [0, 0.05) is 35.2 Å². The van der Waals surface area contributed by atoms with Gasteiger partial charge in [-0.05, 0) is 25.1 Å². The first kappa shape index (κ1) is 17.9. The number of hydrogen-bond acceptors (Lipinski definition) is 8. The van der Waals surface area contributed by atoms with Crippen molar-refractivity contribution in [2.75, 3.05) is 0 Å². The van der Waals surface area contributed by atoms with Crippen molar-refractivity contribution in [3.05, 3.63) is 80.4 Å². The van der Waals surface area contributed by atoms with Crippen LogP contribution in [-0.4, -0.2) is 24.5 Å². The maximum absolute atomic E-state index is 12.3. The number of nitrogens with zero attached hydrogens (tertiary/aromatic N) is 5. The lowest BCUT2D eigenvalue weighted by Gasteiger charge is -2.05. The Kier molecular flexibility index (Phi) is 4.62. The van der Waals surface area contributed by atoms with Crippen LogP contribution in [0, 0.1) is 17.0 Å². The molecular formula is C18H13N5O4S. The molecule has 28 heavy (non-hydrogen) atoms. The Balaban J connectivity index is 1.54. The maximum atomic E-state index is 12.3. The van der Waals surface area contributed by atoms with Crippen molar-refractivity contribution in [3.63, 3.8) is 0 Å². The van der Waals surface area contributed by atoms with Crippen molar-refractivity contribution >= 4 is 23.1 Å². The van der Waals surface area contributed by atoms with E-state index in [9.17, 15) is 14.9 Å². The van der Waals surface area contributed by atoms with Crippen LogP contribution in [-0.2, 0) is 5.75 Å². The number of nitro groups is 1. The second-order valence-corrected chi connectivity index (χ2v) is 6.84. The Hall–Kier alpha value is -3.53. The molecule has 0 aliphatic heterocycles. The topological polar surface area (TPSA) is 116 Å². The number of rotatable bonds is 5. The maximum Gasteiger partial charge on any atom is 0.277 e. The summed E-state index contributed by atoms with van der Waals surface area (Å²) in [5.74, 6) is 0.560. The molecule has 10 heteroatoms. The molecule has 0 spiro atoms. The molecule has 0 atom stereocenters. The third-order valence-corrected chi connectivity index (χ3v) is 4.84. The molecule has 0 aliphatic carbocycles. The summed E-state index contributed by atoms with van der Waals surface area (Å²) in [5, 5.41) is 19.1. The molecular weight excluding hydrogens is 382 g/mol. The minimum absolute atomic E-state index is 0.0546. The minimum Gasteiger partial charge on any atom is -0.411 e. The average Bonchev–Trinajstić information content (AvgIpc) is 3.15. The summed E-state index contributed by atoms with van der Waals surface area (Å²) >= 11 is 1.24. The van der Waals surface area contributed by atoms with Gasteiger partial charge in [0.15, 0.2) is 0 Å². The van der Waals surface area contributed by atoms with Gasteiger partial charge in [0.05, 0.1) is 10.6 Å². The van der Waals surface area contributed by atoms with E-state index in [4.69, 9.17) is 4.42 Å². The first-order valence-corrected chi connectivity index (χ1v) is 9.19. The smallest absolute Gasteiger partial charge is 0.277 e. The summed E-state index contributed by atoms with van der Waals surface area (Å²) in [7, 11) is 0. The van der Waals surface area contributed by atoms with Gasteiger partial charge in [0.1, 0.15) is 5.65 Å². The number of aromatic nitrogens is 4. The molecule has 0 bridgehead atoms. The largest absolute Gasteiger partial charge is 0.411 e. The number of aryl methyl sites for hydroxylation is 1. The van der Waals surface area contributed by atoms with Gasteiger partial charge in [-0.1, -0.05) is 23.9 Å². The molecule has 1 aromatic carbocycles. The van der Waals surface area contributed by atoms with E-state index in [1.807, 2.05) is 19.1 Å². The molecule has 0 saturated heterocycles. The zero-order valence-corrected chi connectivity index (χ0v) is 15.4. The highest BCUT2D eigenvalue weighted by atomic mass is 32.2. The third-order valence-electron chi connectivity index (χ3n) is 3.99. The fraction of sp³-hybridized carbons (Fsp3) is 0.111. The van der Waals surface area contributed by atoms with Crippen LogP contribution in [0.2, 0.25) is 0 Å². The predicted molar refractivity (Wildman–Crippen MR) is 102 cm³/mol. The van der Waals surface area contributed by atoms with Gasteiger partial charge in [-0.15, -0.1) is 10.2 Å². The minimum atomic E-state index is -0.485. The zero-order valence-electron chi connectivity index (χ0n) is 14.6. The molecule has 0 N–H and O–H groups in total. The van der Waals surface area contributed by atoms with Crippen LogP contribution in [0.25, 0.3) is 17.1 Å². The molecule has 140 valence electrons. The van der Waals surface area contributed by atoms with Gasteiger partial charge in [-0.2, -0.15) is 0 Å². The Morgan fingerprint density at radius 3 is 2.82 bits per heavy atom. The van der Waals surface area contributed by atoms with Crippen molar-refractivity contribution < 1.29 is 9.34 Å². The Morgan fingerprint density at radius 1 is 1.18 bits per heavy atom. The van der Waals surface area contributed by atoms with Gasteiger partial charge in [-0.25, -0.2) is 4.98 Å². The number of pyridine rings is 1. The predicted octanol–water partition coefficient (Wildman–Crippen LogP) is 3.25. The van der Waals surface area contributed by atoms with E-state index >= 15 is 0 Å². The van der Waals surface area contributed by atoms with Gasteiger partial charge in [0.2, 0.25) is 5.89 Å². The highest BCUT2D eigenvalue weighted by Crippen LogP contribution is 2.27. The number of nitro benzene ring substituents is 1. The summed E-state index contributed by atoms with van der Waals surface area (Å²) < 4.78 is 7.11. The zero-order chi connectivity index (χ0) is 19.7. The van der Waals surface area contributed by atoms with Crippen molar-refractivity contribution in [2.24, 2.45) is 0 Å². The fourth-order valence-electron chi connectivity index (χ4n) is 2.71. The molecule has 3 heterocycles. The number of hydrogen-bond donors (Lipinski definition) is 0. The van der Waals surface area contributed by atoms with Gasteiger partial charge in [-0.3, -0.25) is 19.3 Å². The van der Waals surface area contributed by atoms with Crippen LogP contribution in [0.5, 0.6) is 0 Å². The average molecular weight is 395 g/mol. The fourth-order valence-corrected chi connectivity index (χ4v) is 3.37. The summed E-state index contributed by atoms with van der Waals surface area (Å²) in [4.78, 5) is 27.2. The van der Waals surface area contributed by atoms with E-state index < -0.39 is 4.92 Å². The summed E-state index contributed by atoms with van der Waals surface area (Å²) in [6.07, 6.45) is 0.